The van der Waals surface area contributed by atoms with Gasteiger partial charge in [-0.15, -0.1) is 0 Å². The van der Waals surface area contributed by atoms with Crippen LogP contribution in [0.3, 0.4) is 0 Å². The molecule has 0 radical (unpaired) electrons. The zero-order chi connectivity index (χ0) is 13.7. The largest absolute Gasteiger partial charge is 0.381 e. The molecule has 2 rings (SSSR count). The molecule has 1 heterocycles. The number of hydrogen-bond donors (Lipinski definition) is 0. The zero-order valence-corrected chi connectivity index (χ0v) is 12.5. The summed E-state index contributed by atoms with van der Waals surface area (Å²) in [5.74, 6) is 1.35. The molecule has 0 N–H and O–H groups in total. The van der Waals surface area contributed by atoms with Crippen molar-refractivity contribution < 1.29 is 9.53 Å². The van der Waals surface area contributed by atoms with E-state index in [2.05, 4.69) is 26.0 Å². The van der Waals surface area contributed by atoms with Crippen molar-refractivity contribution in [3.63, 3.8) is 0 Å². The predicted molar refractivity (Wildman–Crippen MR) is 81.2 cm³/mol. The number of thioether (sulfide) groups is 1. The summed E-state index contributed by atoms with van der Waals surface area (Å²) in [5.41, 5.74) is 2.12. The molecule has 0 amide bonds. The van der Waals surface area contributed by atoms with Crippen LogP contribution in [0.25, 0.3) is 0 Å². The summed E-state index contributed by atoms with van der Waals surface area (Å²) in [6.45, 7) is 6.01. The second-order valence-electron chi connectivity index (χ2n) is 5.32. The molecule has 0 bridgehead atoms. The van der Waals surface area contributed by atoms with Gasteiger partial charge >= 0.3 is 0 Å². The minimum Gasteiger partial charge on any atom is -0.381 e. The van der Waals surface area contributed by atoms with Crippen molar-refractivity contribution in [1.29, 1.82) is 0 Å². The van der Waals surface area contributed by atoms with E-state index in [1.807, 2.05) is 12.1 Å². The van der Waals surface area contributed by atoms with E-state index < -0.39 is 0 Å². The summed E-state index contributed by atoms with van der Waals surface area (Å²) in [6, 6.07) is 8.05. The van der Waals surface area contributed by atoms with Gasteiger partial charge in [0.25, 0.3) is 0 Å². The van der Waals surface area contributed by atoms with Crippen LogP contribution in [-0.2, 0) is 4.74 Å². The van der Waals surface area contributed by atoms with Gasteiger partial charge in [0.15, 0.2) is 5.78 Å². The Morgan fingerprint density at radius 3 is 2.47 bits per heavy atom. The highest BCUT2D eigenvalue weighted by molar-refractivity contribution is 8.00. The lowest BCUT2D eigenvalue weighted by atomic mass is 10.0. The Morgan fingerprint density at radius 1 is 1.26 bits per heavy atom. The van der Waals surface area contributed by atoms with E-state index in [0.717, 1.165) is 31.6 Å². The minimum absolute atomic E-state index is 0.242. The molecule has 0 aliphatic carbocycles. The number of carbonyl (C=O) groups is 1. The normalized spacial score (nSPS) is 16.8. The van der Waals surface area contributed by atoms with Crippen molar-refractivity contribution in [2.75, 3.05) is 19.0 Å². The Hall–Kier alpha value is -0.800. The molecule has 1 aliphatic rings. The maximum Gasteiger partial charge on any atom is 0.172 e. The fraction of sp³-hybridized carbons (Fsp3) is 0.562. The van der Waals surface area contributed by atoms with Gasteiger partial charge in [0, 0.05) is 24.0 Å². The van der Waals surface area contributed by atoms with E-state index >= 15 is 0 Å². The molecule has 1 aromatic carbocycles. The summed E-state index contributed by atoms with van der Waals surface area (Å²) in [7, 11) is 0. The molecule has 19 heavy (non-hydrogen) atoms. The molecule has 0 spiro atoms. The third-order valence-corrected chi connectivity index (χ3v) is 4.89. The highest BCUT2D eigenvalue weighted by Gasteiger charge is 2.16. The number of hydrogen-bond acceptors (Lipinski definition) is 3. The predicted octanol–water partition coefficient (Wildman–Crippen LogP) is 3.90. The smallest absolute Gasteiger partial charge is 0.172 e. The molecule has 2 nitrogen and oxygen atoms in total. The van der Waals surface area contributed by atoms with Gasteiger partial charge in [-0.3, -0.25) is 4.79 Å². The maximum atomic E-state index is 12.1. The van der Waals surface area contributed by atoms with Gasteiger partial charge in [-0.2, -0.15) is 11.8 Å². The van der Waals surface area contributed by atoms with Crippen molar-refractivity contribution >= 4 is 17.5 Å². The summed E-state index contributed by atoms with van der Waals surface area (Å²) < 4.78 is 5.33. The number of benzene rings is 1. The van der Waals surface area contributed by atoms with E-state index in [-0.39, 0.29) is 5.78 Å². The number of carbonyl (C=O) groups excluding carboxylic acids is 1. The van der Waals surface area contributed by atoms with Gasteiger partial charge in [0.2, 0.25) is 0 Å². The van der Waals surface area contributed by atoms with Crippen molar-refractivity contribution in [2.24, 2.45) is 0 Å². The molecule has 3 heteroatoms. The highest BCUT2D eigenvalue weighted by atomic mass is 32.2. The molecule has 104 valence electrons. The summed E-state index contributed by atoms with van der Waals surface area (Å²) in [5, 5.41) is 0.590. The van der Waals surface area contributed by atoms with Crippen LogP contribution < -0.4 is 0 Å². The van der Waals surface area contributed by atoms with Crippen LogP contribution in [0, 0.1) is 0 Å². The second kappa shape index (κ2) is 7.11. The van der Waals surface area contributed by atoms with Crippen molar-refractivity contribution in [1.82, 2.24) is 0 Å². The fourth-order valence-corrected chi connectivity index (χ4v) is 3.25. The highest BCUT2D eigenvalue weighted by Crippen LogP contribution is 2.23. The third-order valence-electron chi connectivity index (χ3n) is 3.52. The molecule has 1 aromatic rings. The van der Waals surface area contributed by atoms with Gasteiger partial charge in [0.1, 0.15) is 0 Å². The van der Waals surface area contributed by atoms with E-state index in [1.165, 1.54) is 5.56 Å². The van der Waals surface area contributed by atoms with E-state index in [4.69, 9.17) is 4.74 Å². The Bertz CT molecular complexity index is 405. The van der Waals surface area contributed by atoms with E-state index in [1.54, 1.807) is 11.8 Å². The standard InChI is InChI=1S/C16H22O2S/c1-12(2)13-3-5-14(6-4-13)16(17)11-19-15-7-9-18-10-8-15/h3-6,12,15H,7-11H2,1-2H3. The first-order chi connectivity index (χ1) is 9.16. The first-order valence-electron chi connectivity index (χ1n) is 6.99. The monoisotopic (exact) mass is 278 g/mol. The average molecular weight is 278 g/mol. The zero-order valence-electron chi connectivity index (χ0n) is 11.7. The van der Waals surface area contributed by atoms with E-state index in [0.29, 0.717) is 16.9 Å². The van der Waals surface area contributed by atoms with Crippen LogP contribution >= 0.6 is 11.8 Å². The summed E-state index contributed by atoms with van der Waals surface area (Å²) in [4.78, 5) is 12.1. The topological polar surface area (TPSA) is 26.3 Å². The average Bonchev–Trinajstić information content (AvgIpc) is 2.46. The fourth-order valence-electron chi connectivity index (χ4n) is 2.17. The molecule has 0 atom stereocenters. The first-order valence-corrected chi connectivity index (χ1v) is 8.04. The minimum atomic E-state index is 0.242. The maximum absolute atomic E-state index is 12.1. The number of ether oxygens (including phenoxy) is 1. The Labute approximate surface area is 119 Å². The van der Waals surface area contributed by atoms with Gasteiger partial charge < -0.3 is 4.74 Å². The van der Waals surface area contributed by atoms with Gasteiger partial charge in [-0.1, -0.05) is 38.1 Å². The summed E-state index contributed by atoms with van der Waals surface area (Å²) in [6.07, 6.45) is 2.15. The molecule has 0 aromatic heterocycles. The molecule has 1 fully saturated rings. The Kier molecular flexibility index (Phi) is 5.46. The molecule has 1 saturated heterocycles. The van der Waals surface area contributed by atoms with Gasteiger partial charge in [-0.25, -0.2) is 0 Å². The number of Topliss-reactive ketones (excluding diaryl/α,β-unsaturated/α-hetero) is 1. The Morgan fingerprint density at radius 2 is 1.89 bits per heavy atom. The van der Waals surface area contributed by atoms with Crippen LogP contribution in [0.2, 0.25) is 0 Å². The van der Waals surface area contributed by atoms with E-state index in [9.17, 15) is 4.79 Å². The second-order valence-corrected chi connectivity index (χ2v) is 6.61. The quantitative estimate of drug-likeness (QED) is 0.764. The lowest BCUT2D eigenvalue weighted by molar-refractivity contribution is 0.0988. The van der Waals surface area contributed by atoms with Crippen molar-refractivity contribution in [3.8, 4) is 0 Å². The number of ketones is 1. The lowest BCUT2D eigenvalue weighted by Gasteiger charge is -2.21. The molecular formula is C16H22O2S. The van der Waals surface area contributed by atoms with Crippen molar-refractivity contribution in [3.05, 3.63) is 35.4 Å². The van der Waals surface area contributed by atoms with Gasteiger partial charge in [-0.05, 0) is 24.3 Å². The first kappa shape index (κ1) is 14.6. The van der Waals surface area contributed by atoms with Crippen molar-refractivity contribution in [2.45, 2.75) is 37.9 Å². The third kappa shape index (κ3) is 4.36. The molecular weight excluding hydrogens is 256 g/mol. The van der Waals surface area contributed by atoms with Crippen LogP contribution in [0.1, 0.15) is 48.5 Å². The lowest BCUT2D eigenvalue weighted by Crippen LogP contribution is -2.19. The SMILES string of the molecule is CC(C)c1ccc(C(=O)CSC2CCOCC2)cc1. The van der Waals surface area contributed by atoms with Crippen LogP contribution in [0.5, 0.6) is 0 Å². The van der Waals surface area contributed by atoms with Gasteiger partial charge in [0.05, 0.1) is 5.75 Å². The summed E-state index contributed by atoms with van der Waals surface area (Å²) >= 11 is 1.78. The van der Waals surface area contributed by atoms with Crippen LogP contribution in [0.4, 0.5) is 0 Å². The van der Waals surface area contributed by atoms with Crippen LogP contribution in [-0.4, -0.2) is 30.0 Å². The molecule has 0 saturated carbocycles. The molecule has 1 aliphatic heterocycles. The Balaban J connectivity index is 1.85. The van der Waals surface area contributed by atoms with Crippen LogP contribution in [0.15, 0.2) is 24.3 Å². The molecule has 0 unspecified atom stereocenters. The number of rotatable bonds is 5.